The van der Waals surface area contributed by atoms with Crippen LogP contribution >= 0.6 is 11.6 Å². The minimum Gasteiger partial charge on any atom is -0.493 e. The molecular formula is C22H20ClN3O3. The average Bonchev–Trinajstić information content (AvgIpc) is 3.15. The van der Waals surface area contributed by atoms with Gasteiger partial charge in [0.05, 0.1) is 12.8 Å². The van der Waals surface area contributed by atoms with Crippen LogP contribution in [0.3, 0.4) is 0 Å². The Labute approximate surface area is 173 Å². The molecule has 4 rings (SSSR count). The number of hydrogen-bond donors (Lipinski definition) is 2. The first-order chi connectivity index (χ1) is 14.1. The molecule has 0 spiro atoms. The summed E-state index contributed by atoms with van der Waals surface area (Å²) in [5, 5.41) is 10.9. The van der Waals surface area contributed by atoms with Crippen molar-refractivity contribution in [2.45, 2.75) is 12.3 Å². The zero-order valence-corrected chi connectivity index (χ0v) is 16.6. The summed E-state index contributed by atoms with van der Waals surface area (Å²) in [5.41, 5.74) is 3.68. The fraction of sp³-hybridized carbons (Fsp3) is 0.182. The smallest absolute Gasteiger partial charge is 0.226 e. The molecule has 0 radical (unpaired) electrons. The maximum Gasteiger partial charge on any atom is 0.226 e. The highest BCUT2D eigenvalue weighted by Gasteiger charge is 2.32. The van der Waals surface area contributed by atoms with Crippen molar-refractivity contribution in [3.63, 3.8) is 0 Å². The number of fused-ring (bicyclic) bond motifs is 1. The van der Waals surface area contributed by atoms with Crippen LogP contribution in [0.5, 0.6) is 11.5 Å². The van der Waals surface area contributed by atoms with Crippen LogP contribution in [0.15, 0.2) is 55.1 Å². The van der Waals surface area contributed by atoms with Gasteiger partial charge in [0, 0.05) is 28.5 Å². The Morgan fingerprint density at radius 3 is 2.76 bits per heavy atom. The summed E-state index contributed by atoms with van der Waals surface area (Å²) in [4.78, 5) is 12.3. The highest BCUT2D eigenvalue weighted by molar-refractivity contribution is 6.30. The second-order valence-electron chi connectivity index (χ2n) is 6.68. The predicted octanol–water partition coefficient (Wildman–Crippen LogP) is 4.78. The molecule has 7 heteroatoms. The first kappa shape index (κ1) is 19.1. The van der Waals surface area contributed by atoms with Gasteiger partial charge in [0.15, 0.2) is 17.3 Å². The maximum atomic E-state index is 12.3. The summed E-state index contributed by atoms with van der Waals surface area (Å²) < 4.78 is 11.1. The van der Waals surface area contributed by atoms with Crippen molar-refractivity contribution in [3.05, 3.63) is 71.3 Å². The van der Waals surface area contributed by atoms with Crippen molar-refractivity contribution in [1.29, 1.82) is 0 Å². The van der Waals surface area contributed by atoms with E-state index in [9.17, 15) is 4.79 Å². The van der Waals surface area contributed by atoms with Gasteiger partial charge in [-0.3, -0.25) is 9.89 Å². The lowest BCUT2D eigenvalue weighted by Crippen LogP contribution is -2.23. The summed E-state index contributed by atoms with van der Waals surface area (Å²) in [6.07, 6.45) is 1.98. The molecule has 1 amide bonds. The molecule has 2 aromatic carbocycles. The third-order valence-electron chi connectivity index (χ3n) is 4.88. The van der Waals surface area contributed by atoms with Crippen LogP contribution < -0.4 is 14.8 Å². The van der Waals surface area contributed by atoms with Gasteiger partial charge >= 0.3 is 0 Å². The van der Waals surface area contributed by atoms with Crippen LogP contribution in [0.1, 0.15) is 23.5 Å². The number of rotatable bonds is 6. The number of carbonyl (C=O) groups excluding carboxylic acids is 1. The lowest BCUT2D eigenvalue weighted by molar-refractivity contribution is -0.116. The monoisotopic (exact) mass is 409 g/mol. The standard InChI is InChI=1S/C22H20ClN3O3/c1-3-10-29-17-9-6-14(11-18(17)28-2)16-12-19(27)24-22-20(16)21(25-26-22)13-4-7-15(23)8-5-13/h3-9,11,16H,1,10,12H2,2H3,(H2,24,25,26,27). The number of methoxy groups -OCH3 is 1. The lowest BCUT2D eigenvalue weighted by atomic mass is 9.84. The Hall–Kier alpha value is -3.25. The third-order valence-corrected chi connectivity index (χ3v) is 5.13. The number of halogens is 1. The molecule has 29 heavy (non-hydrogen) atoms. The second-order valence-corrected chi connectivity index (χ2v) is 7.12. The molecule has 1 atom stereocenters. The SMILES string of the molecule is C=CCOc1ccc(C2CC(=O)Nc3n[nH]c(-c4ccc(Cl)cc4)c32)cc1OC. The zero-order chi connectivity index (χ0) is 20.4. The molecule has 1 aliphatic rings. The van der Waals surface area contributed by atoms with E-state index >= 15 is 0 Å². The minimum absolute atomic E-state index is 0.0809. The third kappa shape index (κ3) is 3.71. The highest BCUT2D eigenvalue weighted by Crippen LogP contribution is 2.43. The average molecular weight is 410 g/mol. The predicted molar refractivity (Wildman–Crippen MR) is 113 cm³/mol. The van der Waals surface area contributed by atoms with E-state index in [0.29, 0.717) is 35.4 Å². The summed E-state index contributed by atoms with van der Waals surface area (Å²) in [6, 6.07) is 13.2. The number of H-pyrrole nitrogens is 1. The van der Waals surface area contributed by atoms with Crippen molar-refractivity contribution >= 4 is 23.3 Å². The van der Waals surface area contributed by atoms with Crippen LogP contribution in [-0.2, 0) is 4.79 Å². The zero-order valence-electron chi connectivity index (χ0n) is 15.9. The number of carbonyl (C=O) groups is 1. The summed E-state index contributed by atoms with van der Waals surface area (Å²) in [7, 11) is 1.59. The fourth-order valence-corrected chi connectivity index (χ4v) is 3.67. The van der Waals surface area contributed by atoms with Gasteiger partial charge in [-0.1, -0.05) is 42.5 Å². The number of nitrogens with one attached hydrogen (secondary N) is 2. The number of ether oxygens (including phenoxy) is 2. The number of aromatic amines is 1. The molecule has 6 nitrogen and oxygen atoms in total. The van der Waals surface area contributed by atoms with Crippen LogP contribution in [0.2, 0.25) is 5.02 Å². The highest BCUT2D eigenvalue weighted by atomic mass is 35.5. The number of amides is 1. The summed E-state index contributed by atoms with van der Waals surface area (Å²) in [5.74, 6) is 1.52. The molecule has 2 N–H and O–H groups in total. The van der Waals surface area contributed by atoms with Gasteiger partial charge in [-0.05, 0) is 29.8 Å². The van der Waals surface area contributed by atoms with Crippen molar-refractivity contribution in [2.75, 3.05) is 19.0 Å². The maximum absolute atomic E-state index is 12.3. The lowest BCUT2D eigenvalue weighted by Gasteiger charge is -2.24. The van der Waals surface area contributed by atoms with Crippen LogP contribution in [0, 0.1) is 0 Å². The van der Waals surface area contributed by atoms with Crippen LogP contribution in [-0.4, -0.2) is 29.8 Å². The van der Waals surface area contributed by atoms with Gasteiger partial charge in [-0.2, -0.15) is 5.10 Å². The van der Waals surface area contributed by atoms with Crippen molar-refractivity contribution in [3.8, 4) is 22.8 Å². The quantitative estimate of drug-likeness (QED) is 0.574. The van der Waals surface area contributed by atoms with E-state index in [1.54, 1.807) is 13.2 Å². The van der Waals surface area contributed by atoms with E-state index in [0.717, 1.165) is 22.4 Å². The van der Waals surface area contributed by atoms with E-state index in [2.05, 4.69) is 22.1 Å². The molecular weight excluding hydrogens is 390 g/mol. The molecule has 0 aliphatic carbocycles. The minimum atomic E-state index is -0.175. The Morgan fingerprint density at radius 1 is 1.24 bits per heavy atom. The Balaban J connectivity index is 1.78. The van der Waals surface area contributed by atoms with Gasteiger partial charge in [0.1, 0.15) is 6.61 Å². The molecule has 2 heterocycles. The van der Waals surface area contributed by atoms with Gasteiger partial charge in [0.25, 0.3) is 0 Å². The Kier molecular flexibility index (Phi) is 5.27. The van der Waals surface area contributed by atoms with E-state index < -0.39 is 0 Å². The van der Waals surface area contributed by atoms with Gasteiger partial charge < -0.3 is 14.8 Å². The Morgan fingerprint density at radius 2 is 2.03 bits per heavy atom. The van der Waals surface area contributed by atoms with E-state index in [1.807, 2.05) is 42.5 Å². The first-order valence-corrected chi connectivity index (χ1v) is 9.54. The number of nitrogens with zero attached hydrogens (tertiary/aromatic N) is 1. The molecule has 3 aromatic rings. The number of aromatic nitrogens is 2. The number of hydrogen-bond acceptors (Lipinski definition) is 4. The van der Waals surface area contributed by atoms with E-state index in [4.69, 9.17) is 21.1 Å². The fourth-order valence-electron chi connectivity index (χ4n) is 3.55. The first-order valence-electron chi connectivity index (χ1n) is 9.16. The topological polar surface area (TPSA) is 76.2 Å². The second kappa shape index (κ2) is 8.01. The normalized spacial score (nSPS) is 15.4. The van der Waals surface area contributed by atoms with E-state index in [1.165, 1.54) is 0 Å². The molecule has 0 saturated carbocycles. The van der Waals surface area contributed by atoms with Gasteiger partial charge in [0.2, 0.25) is 5.91 Å². The van der Waals surface area contributed by atoms with E-state index in [-0.39, 0.29) is 11.8 Å². The molecule has 0 bridgehead atoms. The summed E-state index contributed by atoms with van der Waals surface area (Å²) in [6.45, 7) is 4.05. The molecule has 0 saturated heterocycles. The summed E-state index contributed by atoms with van der Waals surface area (Å²) >= 11 is 6.03. The van der Waals surface area contributed by atoms with Crippen LogP contribution in [0.25, 0.3) is 11.3 Å². The molecule has 1 unspecified atom stereocenters. The Bertz CT molecular complexity index is 1060. The van der Waals surface area contributed by atoms with Crippen molar-refractivity contribution in [1.82, 2.24) is 10.2 Å². The van der Waals surface area contributed by atoms with Crippen LogP contribution in [0.4, 0.5) is 5.82 Å². The number of benzene rings is 2. The molecule has 1 aliphatic heterocycles. The molecule has 1 aromatic heterocycles. The van der Waals surface area contributed by atoms with Crippen molar-refractivity contribution in [2.24, 2.45) is 0 Å². The van der Waals surface area contributed by atoms with Crippen molar-refractivity contribution < 1.29 is 14.3 Å². The largest absolute Gasteiger partial charge is 0.493 e. The molecule has 0 fully saturated rings. The van der Waals surface area contributed by atoms with Gasteiger partial charge in [-0.25, -0.2) is 0 Å². The van der Waals surface area contributed by atoms with Gasteiger partial charge in [-0.15, -0.1) is 0 Å². The molecule has 148 valence electrons. The number of anilines is 1.